The van der Waals surface area contributed by atoms with Gasteiger partial charge in [0, 0.05) is 36.7 Å². The van der Waals surface area contributed by atoms with Crippen molar-refractivity contribution in [2.45, 2.75) is 154 Å². The van der Waals surface area contributed by atoms with Crippen molar-refractivity contribution in [2.75, 3.05) is 20.7 Å². The van der Waals surface area contributed by atoms with Gasteiger partial charge in [-0.25, -0.2) is 19.6 Å². The highest BCUT2D eigenvalue weighted by molar-refractivity contribution is 5.91. The summed E-state index contributed by atoms with van der Waals surface area (Å²) in [6.07, 6.45) is 7.21. The molecule has 16 heteroatoms. The van der Waals surface area contributed by atoms with Crippen molar-refractivity contribution >= 4 is 34.8 Å². The Hall–Kier alpha value is -6.26. The molecule has 0 spiro atoms. The molecule has 16 nitrogen and oxygen atoms in total. The Kier molecular flexibility index (Phi) is 14.3. The third-order valence-corrected chi connectivity index (χ3v) is 15.1. The van der Waals surface area contributed by atoms with Crippen LogP contribution in [0.4, 0.5) is 9.59 Å². The number of carbonyl (C=O) groups is 4. The van der Waals surface area contributed by atoms with Crippen LogP contribution in [-0.4, -0.2) is 128 Å². The van der Waals surface area contributed by atoms with Crippen LogP contribution in [0.15, 0.2) is 73.1 Å². The Morgan fingerprint density at radius 2 is 1.19 bits per heavy atom. The van der Waals surface area contributed by atoms with Crippen LogP contribution >= 0.6 is 0 Å². The molecule has 4 amide bonds. The number of ether oxygens (including phenoxy) is 4. The number of aromatic amines is 2. The standard InChI is InChI=1S/C54H68N8O8/c1-30-9-19-46(61(30)48(63)29-60(54(66)67-8)43-23-34(5)69-35(6)24-43)50-57-28-45(59-50)41-18-17-39-25-38(15-16-40(39)26-41)36-11-13-37(14-12-36)44-27-56-51(58-44)47-20-10-31(2)62(47)52(64)49(70-53(65)55-7)42-21-32(3)68-33(4)22-42/h11-18,25-28,30-35,42-43,46-47,49H,9-10,19-24,29H2,1-8H3,(H,55,65)(H,56,58)(H,57,59)/t30-,31-,32?,33?,34-,35-,42?,46-,47-,49?/m0/s1. The third kappa shape index (κ3) is 10.2. The molecule has 2 aromatic heterocycles. The summed E-state index contributed by atoms with van der Waals surface area (Å²) in [5.74, 6) is 0.971. The van der Waals surface area contributed by atoms with Gasteiger partial charge >= 0.3 is 12.2 Å². The molecule has 4 aliphatic rings. The molecule has 0 bridgehead atoms. The van der Waals surface area contributed by atoms with Crippen LogP contribution in [0.2, 0.25) is 0 Å². The predicted octanol–water partition coefficient (Wildman–Crippen LogP) is 9.34. The number of nitrogens with zero attached hydrogens (tertiary/aromatic N) is 5. The molecule has 4 saturated heterocycles. The molecule has 9 rings (SSSR count). The first-order chi connectivity index (χ1) is 33.7. The Morgan fingerprint density at radius 3 is 1.77 bits per heavy atom. The minimum Gasteiger partial charge on any atom is -0.453 e. The van der Waals surface area contributed by atoms with E-state index in [1.807, 2.05) is 56.8 Å². The Bertz CT molecular complexity index is 2660. The van der Waals surface area contributed by atoms with E-state index in [2.05, 4.69) is 82.9 Å². The number of nitrogens with one attached hydrogen (secondary N) is 3. The minimum atomic E-state index is -0.922. The van der Waals surface area contributed by atoms with E-state index in [0.29, 0.717) is 31.5 Å². The Labute approximate surface area is 410 Å². The molecule has 0 saturated carbocycles. The van der Waals surface area contributed by atoms with Gasteiger partial charge in [0.1, 0.15) is 18.2 Å². The summed E-state index contributed by atoms with van der Waals surface area (Å²) in [6, 6.07) is 20.5. The molecule has 3 aromatic carbocycles. The lowest BCUT2D eigenvalue weighted by Gasteiger charge is -2.39. The van der Waals surface area contributed by atoms with E-state index in [4.69, 9.17) is 28.9 Å². The van der Waals surface area contributed by atoms with Gasteiger partial charge in [0.15, 0.2) is 6.10 Å². The second kappa shape index (κ2) is 20.6. The number of carbonyl (C=O) groups excluding carboxylic acids is 4. The van der Waals surface area contributed by atoms with Crippen LogP contribution in [0.1, 0.15) is 117 Å². The molecule has 4 aliphatic heterocycles. The third-order valence-electron chi connectivity index (χ3n) is 15.1. The number of rotatable bonds is 11. The number of fused-ring (bicyclic) bond motifs is 1. The van der Waals surface area contributed by atoms with Crippen molar-refractivity contribution in [3.63, 3.8) is 0 Å². The number of amides is 4. The smallest absolute Gasteiger partial charge is 0.410 e. The molecule has 3 N–H and O–H groups in total. The molecule has 5 aromatic rings. The zero-order valence-corrected chi connectivity index (χ0v) is 41.6. The zero-order valence-electron chi connectivity index (χ0n) is 41.6. The monoisotopic (exact) mass is 957 g/mol. The number of aromatic nitrogens is 4. The maximum absolute atomic E-state index is 14.4. The highest BCUT2D eigenvalue weighted by atomic mass is 16.6. The van der Waals surface area contributed by atoms with E-state index in [9.17, 15) is 19.2 Å². The Balaban J connectivity index is 0.865. The van der Waals surface area contributed by atoms with E-state index in [1.54, 1.807) is 4.90 Å². The highest BCUT2D eigenvalue weighted by Gasteiger charge is 2.46. The van der Waals surface area contributed by atoms with Crippen molar-refractivity contribution in [1.29, 1.82) is 0 Å². The van der Waals surface area contributed by atoms with Crippen LogP contribution in [0.3, 0.4) is 0 Å². The molecule has 372 valence electrons. The maximum atomic E-state index is 14.4. The van der Waals surface area contributed by atoms with E-state index in [0.717, 1.165) is 75.9 Å². The number of imidazole rings is 2. The van der Waals surface area contributed by atoms with Crippen molar-refractivity contribution < 1.29 is 38.1 Å². The topological polar surface area (TPSA) is 184 Å². The second-order valence-electron chi connectivity index (χ2n) is 20.2. The molecule has 0 aliphatic carbocycles. The normalized spacial score (nSPS) is 27.3. The molecule has 70 heavy (non-hydrogen) atoms. The maximum Gasteiger partial charge on any atom is 0.410 e. The SMILES string of the molecule is CNC(=O)OC(C(=O)N1[C@@H](C)CC[C@H]1c1ncc(-c2ccc(-c3ccc4cc(-c5cnc([C@@H]6CC[C@H](C)N6C(=O)CN(C(=O)OC)C6C[C@H](C)O[C@@H](C)C6)[nH]5)ccc4c3)cc2)[nH]1)C1CC(C)OC(C)C1. The van der Waals surface area contributed by atoms with Gasteiger partial charge in [-0.05, 0) is 133 Å². The number of H-pyrrole nitrogens is 2. The largest absolute Gasteiger partial charge is 0.453 e. The Morgan fingerprint density at radius 1 is 0.686 bits per heavy atom. The van der Waals surface area contributed by atoms with Crippen LogP contribution in [0, 0.1) is 5.92 Å². The van der Waals surface area contributed by atoms with Gasteiger partial charge in [0.05, 0.1) is 67.4 Å². The van der Waals surface area contributed by atoms with E-state index in [1.165, 1.54) is 14.2 Å². The fraction of sp³-hybridized carbons (Fsp3) is 0.519. The predicted molar refractivity (Wildman–Crippen MR) is 265 cm³/mol. The summed E-state index contributed by atoms with van der Waals surface area (Å²) in [7, 11) is 2.87. The first-order valence-electron chi connectivity index (χ1n) is 25.1. The lowest BCUT2D eigenvalue weighted by atomic mass is 9.87. The summed E-state index contributed by atoms with van der Waals surface area (Å²) >= 11 is 0. The lowest BCUT2D eigenvalue weighted by molar-refractivity contribution is -0.151. The number of methoxy groups -OCH3 is 1. The van der Waals surface area contributed by atoms with Gasteiger partial charge < -0.3 is 44.0 Å². The van der Waals surface area contributed by atoms with Crippen LogP contribution in [-0.2, 0) is 28.5 Å². The number of likely N-dealkylation sites (tertiary alicyclic amines) is 2. The first-order valence-corrected chi connectivity index (χ1v) is 25.1. The number of hydrogen-bond donors (Lipinski definition) is 3. The molecule has 4 fully saturated rings. The highest BCUT2D eigenvalue weighted by Crippen LogP contribution is 2.40. The van der Waals surface area contributed by atoms with Gasteiger partial charge in [-0.15, -0.1) is 0 Å². The average Bonchev–Trinajstić information content (AvgIpc) is 4.18. The number of alkyl carbamates (subject to hydrolysis) is 1. The summed E-state index contributed by atoms with van der Waals surface area (Å²) in [5, 5.41) is 4.71. The van der Waals surface area contributed by atoms with Gasteiger partial charge in [-0.2, -0.15) is 0 Å². The van der Waals surface area contributed by atoms with E-state index < -0.39 is 18.3 Å². The molecule has 9 atom stereocenters. The van der Waals surface area contributed by atoms with Crippen molar-refractivity contribution in [3.05, 3.63) is 84.7 Å². The van der Waals surface area contributed by atoms with Crippen LogP contribution in [0.25, 0.3) is 44.4 Å². The second-order valence-corrected chi connectivity index (χ2v) is 20.2. The molecular formula is C54H68N8O8. The number of benzene rings is 3. The first kappa shape index (κ1) is 48.8. The van der Waals surface area contributed by atoms with Gasteiger partial charge in [-0.1, -0.05) is 48.5 Å². The molecule has 3 unspecified atom stereocenters. The summed E-state index contributed by atoms with van der Waals surface area (Å²) in [6.45, 7) is 12.0. The van der Waals surface area contributed by atoms with Crippen LogP contribution < -0.4 is 5.32 Å². The summed E-state index contributed by atoms with van der Waals surface area (Å²) in [5.41, 5.74) is 5.85. The molecular weight excluding hydrogens is 889 g/mol. The minimum absolute atomic E-state index is 0.00719. The van der Waals surface area contributed by atoms with Crippen molar-refractivity contribution in [1.82, 2.24) is 40.0 Å². The molecule has 6 heterocycles. The van der Waals surface area contributed by atoms with Gasteiger partial charge in [0.2, 0.25) is 5.91 Å². The lowest BCUT2D eigenvalue weighted by Crippen LogP contribution is -2.52. The van der Waals surface area contributed by atoms with E-state index >= 15 is 0 Å². The van der Waals surface area contributed by atoms with Crippen molar-refractivity contribution in [3.8, 4) is 33.6 Å². The fourth-order valence-electron chi connectivity index (χ4n) is 11.7. The average molecular weight is 957 g/mol. The summed E-state index contributed by atoms with van der Waals surface area (Å²) < 4.78 is 22.9. The molecule has 0 radical (unpaired) electrons. The summed E-state index contributed by atoms with van der Waals surface area (Å²) in [4.78, 5) is 76.0. The number of hydrogen-bond acceptors (Lipinski definition) is 10. The van der Waals surface area contributed by atoms with Gasteiger partial charge in [0.25, 0.3) is 5.91 Å². The zero-order chi connectivity index (χ0) is 49.4. The van der Waals surface area contributed by atoms with Gasteiger partial charge in [-0.3, -0.25) is 14.5 Å². The fourth-order valence-corrected chi connectivity index (χ4v) is 11.7. The van der Waals surface area contributed by atoms with E-state index in [-0.39, 0.29) is 78.9 Å². The quantitative estimate of drug-likeness (QED) is 0.115. The van der Waals surface area contributed by atoms with Crippen molar-refractivity contribution in [2.24, 2.45) is 5.92 Å². The van der Waals surface area contributed by atoms with Crippen LogP contribution in [0.5, 0.6) is 0 Å².